The van der Waals surface area contributed by atoms with E-state index < -0.39 is 0 Å². The highest BCUT2D eigenvalue weighted by atomic mass is 32.1. The number of aryl methyl sites for hydroxylation is 2. The number of carbonyl (C=O) groups is 1. The predicted molar refractivity (Wildman–Crippen MR) is 101 cm³/mol. The van der Waals surface area contributed by atoms with Crippen molar-refractivity contribution in [2.45, 2.75) is 26.8 Å². The van der Waals surface area contributed by atoms with E-state index in [1.165, 1.54) is 11.3 Å². The molecule has 0 fully saturated rings. The molecule has 0 saturated carbocycles. The van der Waals surface area contributed by atoms with Crippen LogP contribution < -0.4 is 4.74 Å². The Labute approximate surface area is 151 Å². The predicted octanol–water partition coefficient (Wildman–Crippen LogP) is 4.18. The Morgan fingerprint density at radius 1 is 1.40 bits per heavy atom. The van der Waals surface area contributed by atoms with Crippen molar-refractivity contribution in [3.8, 4) is 5.75 Å². The lowest BCUT2D eigenvalue weighted by atomic mass is 10.1. The second-order valence-electron chi connectivity index (χ2n) is 6.08. The van der Waals surface area contributed by atoms with Crippen molar-refractivity contribution in [2.24, 2.45) is 7.05 Å². The molecular weight excluding hydrogens is 334 g/mol. The minimum Gasteiger partial charge on any atom is -0.497 e. The number of fused-ring (bicyclic) bond motifs is 1. The summed E-state index contributed by atoms with van der Waals surface area (Å²) in [5.74, 6) is 0.856. The van der Waals surface area contributed by atoms with Crippen molar-refractivity contribution in [1.82, 2.24) is 14.7 Å². The van der Waals surface area contributed by atoms with Crippen molar-refractivity contribution in [1.29, 1.82) is 0 Å². The number of methoxy groups -OCH3 is 1. The molecule has 2 aromatic heterocycles. The molecule has 1 amide bonds. The average molecular weight is 357 g/mol. The van der Waals surface area contributed by atoms with Gasteiger partial charge in [0.25, 0.3) is 5.91 Å². The third-order valence-electron chi connectivity index (χ3n) is 4.55. The van der Waals surface area contributed by atoms with Gasteiger partial charge in [0.1, 0.15) is 10.6 Å². The van der Waals surface area contributed by atoms with Crippen molar-refractivity contribution < 1.29 is 9.53 Å². The Kier molecular flexibility index (Phi) is 4.81. The van der Waals surface area contributed by atoms with Gasteiger partial charge in [-0.1, -0.05) is 12.1 Å². The van der Waals surface area contributed by atoms with E-state index in [0.717, 1.165) is 32.1 Å². The standard InChI is InChI=1S/C19H23N3O2S/c1-6-22(13(3)14-8-7-9-15(10-14)24-5)18(23)17-11-16-12(2)20-21(4)19(16)25-17/h7-11,13H,6H2,1-5H3. The molecule has 0 saturated heterocycles. The monoisotopic (exact) mass is 357 g/mol. The van der Waals surface area contributed by atoms with Gasteiger partial charge in [0.05, 0.1) is 23.7 Å². The maximum Gasteiger partial charge on any atom is 0.264 e. The van der Waals surface area contributed by atoms with Crippen molar-refractivity contribution in [2.75, 3.05) is 13.7 Å². The Bertz CT molecular complexity index is 878. The molecule has 0 N–H and O–H groups in total. The summed E-state index contributed by atoms with van der Waals surface area (Å²) in [6.07, 6.45) is 0. The first kappa shape index (κ1) is 17.5. The molecule has 6 heteroatoms. The quantitative estimate of drug-likeness (QED) is 0.688. The molecule has 1 unspecified atom stereocenters. The van der Waals surface area contributed by atoms with Crippen LogP contribution in [-0.2, 0) is 7.05 Å². The molecule has 3 rings (SSSR count). The molecule has 1 aromatic carbocycles. The van der Waals surface area contributed by atoms with Crippen molar-refractivity contribution in [3.63, 3.8) is 0 Å². The van der Waals surface area contributed by atoms with Gasteiger partial charge in [-0.25, -0.2) is 0 Å². The third-order valence-corrected chi connectivity index (χ3v) is 5.74. The van der Waals surface area contributed by atoms with Crippen molar-refractivity contribution in [3.05, 3.63) is 46.5 Å². The molecule has 2 heterocycles. The zero-order valence-corrected chi connectivity index (χ0v) is 16.1. The highest BCUT2D eigenvalue weighted by Gasteiger charge is 2.24. The summed E-state index contributed by atoms with van der Waals surface area (Å²) in [6.45, 7) is 6.67. The number of amides is 1. The summed E-state index contributed by atoms with van der Waals surface area (Å²) in [5.41, 5.74) is 2.02. The molecule has 132 valence electrons. The molecular formula is C19H23N3O2S. The van der Waals surface area contributed by atoms with E-state index in [1.807, 2.05) is 60.8 Å². The Hall–Kier alpha value is -2.34. The summed E-state index contributed by atoms with van der Waals surface area (Å²) in [5, 5.41) is 5.46. The molecule has 0 bridgehead atoms. The van der Waals surface area contributed by atoms with Crippen LogP contribution in [0.4, 0.5) is 0 Å². The van der Waals surface area contributed by atoms with Gasteiger partial charge in [0.15, 0.2) is 0 Å². The van der Waals surface area contributed by atoms with Gasteiger partial charge in [-0.3, -0.25) is 9.48 Å². The van der Waals surface area contributed by atoms with Crippen LogP contribution in [0.1, 0.15) is 40.8 Å². The minimum absolute atomic E-state index is 0.0305. The van der Waals surface area contributed by atoms with Gasteiger partial charge in [-0.05, 0) is 44.5 Å². The normalized spacial score (nSPS) is 12.4. The third kappa shape index (κ3) is 3.14. The Morgan fingerprint density at radius 2 is 2.16 bits per heavy atom. The van der Waals surface area contributed by atoms with Crippen LogP contribution in [0, 0.1) is 6.92 Å². The maximum absolute atomic E-state index is 13.1. The fourth-order valence-corrected chi connectivity index (χ4v) is 4.21. The van der Waals surface area contributed by atoms with Crippen LogP contribution in [0.25, 0.3) is 10.2 Å². The van der Waals surface area contributed by atoms with Crippen LogP contribution in [0.3, 0.4) is 0 Å². The topological polar surface area (TPSA) is 47.4 Å². The zero-order chi connectivity index (χ0) is 18.1. The number of benzene rings is 1. The number of hydrogen-bond acceptors (Lipinski definition) is 4. The lowest BCUT2D eigenvalue weighted by Crippen LogP contribution is -2.33. The number of thiophene rings is 1. The van der Waals surface area contributed by atoms with E-state index in [4.69, 9.17) is 4.74 Å². The summed E-state index contributed by atoms with van der Waals surface area (Å²) >= 11 is 1.50. The van der Waals surface area contributed by atoms with E-state index in [1.54, 1.807) is 7.11 Å². The van der Waals surface area contributed by atoms with E-state index in [0.29, 0.717) is 6.54 Å². The summed E-state index contributed by atoms with van der Waals surface area (Å²) in [4.78, 5) is 16.8. The fraction of sp³-hybridized carbons (Fsp3) is 0.368. The fourth-order valence-electron chi connectivity index (χ4n) is 3.13. The first-order valence-electron chi connectivity index (χ1n) is 8.34. The van der Waals surface area contributed by atoms with Crippen LogP contribution in [0.15, 0.2) is 30.3 Å². The Balaban J connectivity index is 1.92. The van der Waals surface area contributed by atoms with Gasteiger partial charge in [0, 0.05) is 19.0 Å². The SMILES string of the molecule is CCN(C(=O)c1cc2c(C)nn(C)c2s1)C(C)c1cccc(OC)c1. The summed E-state index contributed by atoms with van der Waals surface area (Å²) in [7, 11) is 3.57. The van der Waals surface area contributed by atoms with Crippen LogP contribution in [-0.4, -0.2) is 34.2 Å². The zero-order valence-electron chi connectivity index (χ0n) is 15.2. The molecule has 25 heavy (non-hydrogen) atoms. The van der Waals surface area contributed by atoms with Gasteiger partial charge in [0.2, 0.25) is 0 Å². The summed E-state index contributed by atoms with van der Waals surface area (Å²) in [6, 6.07) is 9.82. The number of ether oxygens (including phenoxy) is 1. The Morgan fingerprint density at radius 3 is 2.80 bits per heavy atom. The smallest absolute Gasteiger partial charge is 0.264 e. The van der Waals surface area contributed by atoms with Crippen LogP contribution in [0.2, 0.25) is 0 Å². The molecule has 5 nitrogen and oxygen atoms in total. The molecule has 0 aliphatic rings. The molecule has 0 spiro atoms. The second-order valence-corrected chi connectivity index (χ2v) is 7.11. The average Bonchev–Trinajstić information content (AvgIpc) is 3.17. The van der Waals surface area contributed by atoms with E-state index in [2.05, 4.69) is 12.0 Å². The number of nitrogens with zero attached hydrogens (tertiary/aromatic N) is 3. The molecule has 0 aliphatic carbocycles. The van der Waals surface area contributed by atoms with Crippen LogP contribution >= 0.6 is 11.3 Å². The van der Waals surface area contributed by atoms with Gasteiger partial charge < -0.3 is 9.64 Å². The highest BCUT2D eigenvalue weighted by molar-refractivity contribution is 7.20. The minimum atomic E-state index is -0.0305. The van der Waals surface area contributed by atoms with E-state index >= 15 is 0 Å². The van der Waals surface area contributed by atoms with Crippen molar-refractivity contribution >= 4 is 27.5 Å². The number of hydrogen-bond donors (Lipinski definition) is 0. The molecule has 1 atom stereocenters. The first-order valence-corrected chi connectivity index (χ1v) is 9.16. The number of aromatic nitrogens is 2. The largest absolute Gasteiger partial charge is 0.497 e. The molecule has 3 aromatic rings. The molecule has 0 aliphatic heterocycles. The van der Waals surface area contributed by atoms with Gasteiger partial charge in [-0.2, -0.15) is 5.10 Å². The van der Waals surface area contributed by atoms with Crippen LogP contribution in [0.5, 0.6) is 5.75 Å². The number of carbonyl (C=O) groups excluding carboxylic acids is 1. The van der Waals surface area contributed by atoms with Gasteiger partial charge >= 0.3 is 0 Å². The second kappa shape index (κ2) is 6.88. The first-order chi connectivity index (χ1) is 12.0. The van der Waals surface area contributed by atoms with E-state index in [-0.39, 0.29) is 11.9 Å². The van der Waals surface area contributed by atoms with Gasteiger partial charge in [-0.15, -0.1) is 11.3 Å². The van der Waals surface area contributed by atoms with E-state index in [9.17, 15) is 4.79 Å². The summed E-state index contributed by atoms with van der Waals surface area (Å²) < 4.78 is 7.15. The maximum atomic E-state index is 13.1. The lowest BCUT2D eigenvalue weighted by molar-refractivity contribution is 0.0707. The molecule has 0 radical (unpaired) electrons. The number of rotatable bonds is 5. The lowest BCUT2D eigenvalue weighted by Gasteiger charge is -2.28. The highest BCUT2D eigenvalue weighted by Crippen LogP contribution is 2.31.